The smallest absolute Gasteiger partial charge is 0.0422 e. The number of hydrogen-bond donors (Lipinski definition) is 2. The molecule has 3 nitrogen and oxygen atoms in total. The normalized spacial score (nSPS) is 14.6. The number of benzene rings is 1. The fourth-order valence-electron chi connectivity index (χ4n) is 2.84. The Balaban J connectivity index is 1.80. The van der Waals surface area contributed by atoms with Gasteiger partial charge in [-0.2, -0.15) is 0 Å². The van der Waals surface area contributed by atoms with Crippen LogP contribution < -0.4 is 11.1 Å². The molecule has 104 valence electrons. The summed E-state index contributed by atoms with van der Waals surface area (Å²) >= 11 is 0. The Morgan fingerprint density at radius 3 is 3.00 bits per heavy atom. The maximum atomic E-state index is 6.03. The van der Waals surface area contributed by atoms with Crippen LogP contribution in [0.1, 0.15) is 31.4 Å². The number of rotatable bonds is 4. The highest BCUT2D eigenvalue weighted by Gasteiger charge is 2.07. The number of nitrogens with one attached hydrogen (secondary N) is 1. The molecule has 20 heavy (non-hydrogen) atoms. The van der Waals surface area contributed by atoms with E-state index in [1.165, 1.54) is 19.3 Å². The standard InChI is InChI=1S/C17H21N3/c1-12-10-14-15(11-20-12)16(18)6-7-17(14)19-9-8-13-4-2-3-5-13/h4,6-7,10-11,19H,2-3,5,8-9,18H2,1H3. The van der Waals surface area contributed by atoms with Crippen molar-refractivity contribution in [3.05, 3.63) is 41.7 Å². The van der Waals surface area contributed by atoms with Crippen molar-refractivity contribution in [3.63, 3.8) is 0 Å². The molecule has 3 heteroatoms. The van der Waals surface area contributed by atoms with Crippen LogP contribution >= 0.6 is 0 Å². The Bertz CT molecular complexity index is 659. The molecule has 0 amide bonds. The van der Waals surface area contributed by atoms with Crippen LogP contribution in [0.4, 0.5) is 11.4 Å². The van der Waals surface area contributed by atoms with Crippen LogP contribution in [0, 0.1) is 6.92 Å². The monoisotopic (exact) mass is 267 g/mol. The topological polar surface area (TPSA) is 50.9 Å². The molecule has 0 saturated heterocycles. The average molecular weight is 267 g/mol. The first kappa shape index (κ1) is 13.0. The van der Waals surface area contributed by atoms with Crippen molar-refractivity contribution in [1.29, 1.82) is 0 Å². The maximum Gasteiger partial charge on any atom is 0.0422 e. The summed E-state index contributed by atoms with van der Waals surface area (Å²) < 4.78 is 0. The molecular formula is C17H21N3. The lowest BCUT2D eigenvalue weighted by Gasteiger charge is -2.12. The summed E-state index contributed by atoms with van der Waals surface area (Å²) in [7, 11) is 0. The largest absolute Gasteiger partial charge is 0.398 e. The molecule has 1 aliphatic rings. The molecule has 1 aliphatic carbocycles. The molecule has 3 N–H and O–H groups in total. The van der Waals surface area contributed by atoms with Gasteiger partial charge in [-0.15, -0.1) is 0 Å². The number of anilines is 2. The van der Waals surface area contributed by atoms with E-state index in [1.54, 1.807) is 5.57 Å². The van der Waals surface area contributed by atoms with Crippen molar-refractivity contribution in [2.75, 3.05) is 17.6 Å². The van der Waals surface area contributed by atoms with E-state index in [0.717, 1.165) is 40.8 Å². The van der Waals surface area contributed by atoms with Crippen molar-refractivity contribution >= 4 is 22.1 Å². The van der Waals surface area contributed by atoms with Gasteiger partial charge in [0.05, 0.1) is 0 Å². The highest BCUT2D eigenvalue weighted by atomic mass is 14.9. The summed E-state index contributed by atoms with van der Waals surface area (Å²) in [5.74, 6) is 0. The molecule has 0 aliphatic heterocycles. The minimum atomic E-state index is 0.788. The van der Waals surface area contributed by atoms with E-state index in [-0.39, 0.29) is 0 Å². The number of nitrogen functional groups attached to an aromatic ring is 1. The third-order valence-corrected chi connectivity index (χ3v) is 3.97. The molecule has 0 spiro atoms. The van der Waals surface area contributed by atoms with E-state index < -0.39 is 0 Å². The van der Waals surface area contributed by atoms with Crippen molar-refractivity contribution in [1.82, 2.24) is 4.98 Å². The second kappa shape index (κ2) is 5.53. The first-order valence-electron chi connectivity index (χ1n) is 7.30. The minimum absolute atomic E-state index is 0.788. The van der Waals surface area contributed by atoms with Crippen LogP contribution in [-0.2, 0) is 0 Å². The average Bonchev–Trinajstić information content (AvgIpc) is 2.94. The molecule has 0 unspecified atom stereocenters. The van der Waals surface area contributed by atoms with Crippen molar-refractivity contribution in [2.24, 2.45) is 0 Å². The molecule has 0 saturated carbocycles. The minimum Gasteiger partial charge on any atom is -0.398 e. The quantitative estimate of drug-likeness (QED) is 0.649. The summed E-state index contributed by atoms with van der Waals surface area (Å²) in [6.07, 6.45) is 9.24. The summed E-state index contributed by atoms with van der Waals surface area (Å²) in [4.78, 5) is 4.34. The SMILES string of the molecule is Cc1cc2c(NCCC3=CCCC3)ccc(N)c2cn1. The molecule has 0 atom stereocenters. The fourth-order valence-corrected chi connectivity index (χ4v) is 2.84. The van der Waals surface area contributed by atoms with Gasteiger partial charge in [-0.3, -0.25) is 4.98 Å². The zero-order chi connectivity index (χ0) is 13.9. The van der Waals surface area contributed by atoms with Gasteiger partial charge in [-0.1, -0.05) is 11.6 Å². The fraction of sp³-hybridized carbons (Fsp3) is 0.353. The maximum absolute atomic E-state index is 6.03. The van der Waals surface area contributed by atoms with Gasteiger partial charge in [0.1, 0.15) is 0 Å². The van der Waals surface area contributed by atoms with Gasteiger partial charge in [0.25, 0.3) is 0 Å². The van der Waals surface area contributed by atoms with E-state index in [1.807, 2.05) is 19.2 Å². The highest BCUT2D eigenvalue weighted by Crippen LogP contribution is 2.28. The van der Waals surface area contributed by atoms with E-state index in [9.17, 15) is 0 Å². The predicted molar refractivity (Wildman–Crippen MR) is 85.9 cm³/mol. The van der Waals surface area contributed by atoms with Crippen molar-refractivity contribution in [3.8, 4) is 0 Å². The van der Waals surface area contributed by atoms with Crippen LogP contribution in [-0.4, -0.2) is 11.5 Å². The summed E-state index contributed by atoms with van der Waals surface area (Å²) in [5.41, 5.74) is 10.6. The summed E-state index contributed by atoms with van der Waals surface area (Å²) in [5, 5.41) is 5.74. The Morgan fingerprint density at radius 1 is 1.30 bits per heavy atom. The molecule has 0 bridgehead atoms. The first-order chi connectivity index (χ1) is 9.74. The number of aryl methyl sites for hydroxylation is 1. The Kier molecular flexibility index (Phi) is 3.59. The number of aromatic nitrogens is 1. The number of nitrogens with two attached hydrogens (primary N) is 1. The number of pyridine rings is 1. The third-order valence-electron chi connectivity index (χ3n) is 3.97. The molecule has 3 rings (SSSR count). The molecule has 1 heterocycles. The molecule has 0 fully saturated rings. The van der Waals surface area contributed by atoms with Gasteiger partial charge in [-0.05, 0) is 50.8 Å². The van der Waals surface area contributed by atoms with Crippen LogP contribution in [0.15, 0.2) is 36.0 Å². The zero-order valence-electron chi connectivity index (χ0n) is 11.9. The molecule has 1 aromatic carbocycles. The van der Waals surface area contributed by atoms with E-state index in [4.69, 9.17) is 5.73 Å². The second-order valence-electron chi connectivity index (χ2n) is 5.50. The highest BCUT2D eigenvalue weighted by molar-refractivity contribution is 6.00. The lowest BCUT2D eigenvalue weighted by Crippen LogP contribution is -2.03. The molecule has 0 radical (unpaired) electrons. The Labute approximate surface area is 119 Å². The van der Waals surface area contributed by atoms with Crippen LogP contribution in [0.2, 0.25) is 0 Å². The lowest BCUT2D eigenvalue weighted by atomic mass is 10.1. The Hall–Kier alpha value is -2.03. The van der Waals surface area contributed by atoms with Crippen LogP contribution in [0.3, 0.4) is 0 Å². The van der Waals surface area contributed by atoms with Gasteiger partial charge >= 0.3 is 0 Å². The van der Waals surface area contributed by atoms with Gasteiger partial charge in [0.15, 0.2) is 0 Å². The van der Waals surface area contributed by atoms with E-state index in [0.29, 0.717) is 0 Å². The third kappa shape index (κ3) is 2.62. The van der Waals surface area contributed by atoms with Gasteiger partial charge in [0, 0.05) is 40.6 Å². The number of hydrogen-bond acceptors (Lipinski definition) is 3. The number of fused-ring (bicyclic) bond motifs is 1. The summed E-state index contributed by atoms with van der Waals surface area (Å²) in [6.45, 7) is 2.99. The van der Waals surface area contributed by atoms with Gasteiger partial charge in [0.2, 0.25) is 0 Å². The van der Waals surface area contributed by atoms with Crippen LogP contribution in [0.25, 0.3) is 10.8 Å². The molecular weight excluding hydrogens is 246 g/mol. The molecule has 1 aromatic heterocycles. The van der Waals surface area contributed by atoms with E-state index in [2.05, 4.69) is 28.5 Å². The predicted octanol–water partition coefficient (Wildman–Crippen LogP) is 4.04. The first-order valence-corrected chi connectivity index (χ1v) is 7.30. The summed E-state index contributed by atoms with van der Waals surface area (Å²) in [6, 6.07) is 6.12. The van der Waals surface area contributed by atoms with Crippen molar-refractivity contribution < 1.29 is 0 Å². The van der Waals surface area contributed by atoms with Gasteiger partial charge in [-0.25, -0.2) is 0 Å². The van der Waals surface area contributed by atoms with Crippen LogP contribution in [0.5, 0.6) is 0 Å². The van der Waals surface area contributed by atoms with Gasteiger partial charge < -0.3 is 11.1 Å². The second-order valence-corrected chi connectivity index (χ2v) is 5.50. The lowest BCUT2D eigenvalue weighted by molar-refractivity contribution is 0.864. The Morgan fingerprint density at radius 2 is 2.20 bits per heavy atom. The van der Waals surface area contributed by atoms with E-state index >= 15 is 0 Å². The van der Waals surface area contributed by atoms with Crippen molar-refractivity contribution in [2.45, 2.75) is 32.6 Å². The number of allylic oxidation sites excluding steroid dienone is 1. The zero-order valence-corrected chi connectivity index (χ0v) is 11.9. The number of nitrogens with zero attached hydrogens (tertiary/aromatic N) is 1. The molecule has 2 aromatic rings.